The number of hydrogen-bond donors (Lipinski definition) is 1. The number of aryl methyl sites for hydroxylation is 1. The van der Waals surface area contributed by atoms with Gasteiger partial charge in [-0.2, -0.15) is 5.26 Å². The number of rotatable bonds is 4. The Balaban J connectivity index is 1.89. The first-order valence-corrected chi connectivity index (χ1v) is 7.83. The molecule has 1 aliphatic carbocycles. The van der Waals surface area contributed by atoms with E-state index in [4.69, 9.17) is 4.42 Å². The summed E-state index contributed by atoms with van der Waals surface area (Å²) < 4.78 is 5.63. The summed E-state index contributed by atoms with van der Waals surface area (Å²) in [5, 5.41) is 19.4. The molecule has 3 rings (SSSR count). The van der Waals surface area contributed by atoms with Crippen molar-refractivity contribution >= 4 is 11.1 Å². The topological polar surface area (TPSA) is 73.3 Å². The van der Waals surface area contributed by atoms with E-state index in [9.17, 15) is 10.4 Å². The normalized spacial score (nSPS) is 21.6. The summed E-state index contributed by atoms with van der Waals surface area (Å²) in [4.78, 5) is 6.60. The number of aromatic nitrogens is 1. The van der Waals surface area contributed by atoms with Crippen molar-refractivity contribution < 1.29 is 9.52 Å². The molecular weight excluding hydrogens is 278 g/mol. The average Bonchev–Trinajstić information content (AvgIpc) is 3.11. The molecule has 0 bridgehead atoms. The zero-order valence-corrected chi connectivity index (χ0v) is 13.0. The Morgan fingerprint density at radius 1 is 1.45 bits per heavy atom. The summed E-state index contributed by atoms with van der Waals surface area (Å²) in [6.45, 7) is 2.67. The molecule has 0 aliphatic heterocycles. The first-order chi connectivity index (χ1) is 10.6. The monoisotopic (exact) mass is 299 g/mol. The molecule has 0 spiro atoms. The molecule has 22 heavy (non-hydrogen) atoms. The van der Waals surface area contributed by atoms with Crippen molar-refractivity contribution in [2.45, 2.75) is 51.3 Å². The number of oxazole rings is 1. The molecule has 1 heterocycles. The van der Waals surface area contributed by atoms with Crippen molar-refractivity contribution in [3.8, 4) is 6.07 Å². The van der Waals surface area contributed by atoms with Crippen LogP contribution in [0.25, 0.3) is 11.1 Å². The van der Waals surface area contributed by atoms with Gasteiger partial charge in [-0.3, -0.25) is 4.90 Å². The number of nitriles is 1. The summed E-state index contributed by atoms with van der Waals surface area (Å²) in [6.07, 6.45) is 3.43. The van der Waals surface area contributed by atoms with Gasteiger partial charge in [0.2, 0.25) is 0 Å². The number of nitrogens with zero attached hydrogens (tertiary/aromatic N) is 3. The van der Waals surface area contributed by atoms with Crippen LogP contribution in [0, 0.1) is 11.3 Å². The van der Waals surface area contributed by atoms with Gasteiger partial charge in [0.1, 0.15) is 11.6 Å². The molecule has 116 valence electrons. The molecule has 0 amide bonds. The van der Waals surface area contributed by atoms with E-state index in [0.29, 0.717) is 30.0 Å². The average molecular weight is 299 g/mol. The highest BCUT2D eigenvalue weighted by atomic mass is 16.3. The first kappa shape index (κ1) is 15.0. The fraction of sp³-hybridized carbons (Fsp3) is 0.529. The molecule has 0 saturated heterocycles. The maximum Gasteiger partial charge on any atom is 0.195 e. The second kappa shape index (κ2) is 6.07. The third kappa shape index (κ3) is 2.72. The van der Waals surface area contributed by atoms with Crippen LogP contribution in [0.4, 0.5) is 0 Å². The number of fused-ring (bicyclic) bond motifs is 1. The Morgan fingerprint density at radius 3 is 2.91 bits per heavy atom. The third-order valence-corrected chi connectivity index (χ3v) is 4.46. The van der Waals surface area contributed by atoms with Crippen LogP contribution in [-0.2, 0) is 13.0 Å². The fourth-order valence-electron chi connectivity index (χ4n) is 3.30. The lowest BCUT2D eigenvalue weighted by atomic mass is 10.1. The van der Waals surface area contributed by atoms with Crippen molar-refractivity contribution in [2.24, 2.45) is 0 Å². The minimum absolute atomic E-state index is 0.199. The van der Waals surface area contributed by atoms with Crippen molar-refractivity contribution in [3.63, 3.8) is 0 Å². The Kier molecular flexibility index (Phi) is 4.14. The number of hydrogen-bond acceptors (Lipinski definition) is 5. The molecule has 5 nitrogen and oxygen atoms in total. The zero-order chi connectivity index (χ0) is 15.7. The van der Waals surface area contributed by atoms with Gasteiger partial charge in [-0.1, -0.05) is 6.92 Å². The molecule has 1 fully saturated rings. The van der Waals surface area contributed by atoms with Crippen LogP contribution in [0.15, 0.2) is 16.5 Å². The molecule has 5 heteroatoms. The second-order valence-corrected chi connectivity index (χ2v) is 6.05. The van der Waals surface area contributed by atoms with Crippen LogP contribution in [-0.4, -0.2) is 34.2 Å². The van der Waals surface area contributed by atoms with Gasteiger partial charge in [-0.25, -0.2) is 4.98 Å². The van der Waals surface area contributed by atoms with E-state index in [1.54, 1.807) is 0 Å². The highest BCUT2D eigenvalue weighted by molar-refractivity contribution is 5.80. The van der Waals surface area contributed by atoms with Gasteiger partial charge < -0.3 is 9.52 Å². The van der Waals surface area contributed by atoms with E-state index in [-0.39, 0.29) is 12.1 Å². The lowest BCUT2D eigenvalue weighted by Gasteiger charge is -2.27. The summed E-state index contributed by atoms with van der Waals surface area (Å²) in [5.41, 5.74) is 2.87. The van der Waals surface area contributed by atoms with Crippen molar-refractivity contribution in [2.75, 3.05) is 7.05 Å². The minimum Gasteiger partial charge on any atom is -0.439 e. The van der Waals surface area contributed by atoms with Gasteiger partial charge in [0, 0.05) is 19.0 Å². The molecule has 1 aliphatic rings. The van der Waals surface area contributed by atoms with Crippen LogP contribution in [0.2, 0.25) is 0 Å². The predicted octanol–water partition coefficient (Wildman–Crippen LogP) is 2.61. The maximum absolute atomic E-state index is 10.0. The van der Waals surface area contributed by atoms with E-state index in [2.05, 4.69) is 16.0 Å². The lowest BCUT2D eigenvalue weighted by molar-refractivity contribution is 0.0825. The molecule has 1 saturated carbocycles. The Bertz CT molecular complexity index is 716. The van der Waals surface area contributed by atoms with E-state index >= 15 is 0 Å². The van der Waals surface area contributed by atoms with Crippen LogP contribution in [0.5, 0.6) is 0 Å². The van der Waals surface area contributed by atoms with Gasteiger partial charge in [-0.15, -0.1) is 0 Å². The molecule has 1 aromatic carbocycles. The Hall–Kier alpha value is -1.90. The van der Waals surface area contributed by atoms with Gasteiger partial charge >= 0.3 is 0 Å². The Morgan fingerprint density at radius 2 is 2.27 bits per heavy atom. The van der Waals surface area contributed by atoms with Gasteiger partial charge in [0.25, 0.3) is 0 Å². The van der Waals surface area contributed by atoms with E-state index < -0.39 is 0 Å². The molecule has 2 atom stereocenters. The van der Waals surface area contributed by atoms with Gasteiger partial charge in [0.05, 0.1) is 11.7 Å². The SMILES string of the molecule is CCc1nc2cc(CN(C)[C@H]3CCC[C@@H]3O)cc(C#N)c2o1. The largest absolute Gasteiger partial charge is 0.439 e. The van der Waals surface area contributed by atoms with Crippen molar-refractivity contribution in [1.82, 2.24) is 9.88 Å². The predicted molar refractivity (Wildman–Crippen MR) is 83.2 cm³/mol. The maximum atomic E-state index is 10.0. The first-order valence-electron chi connectivity index (χ1n) is 7.83. The van der Waals surface area contributed by atoms with Gasteiger partial charge in [-0.05, 0) is 44.0 Å². The van der Waals surface area contributed by atoms with Crippen LogP contribution in [0.1, 0.15) is 43.2 Å². The number of benzene rings is 1. The highest BCUT2D eigenvalue weighted by Crippen LogP contribution is 2.26. The van der Waals surface area contributed by atoms with Crippen molar-refractivity contribution in [1.29, 1.82) is 5.26 Å². The summed E-state index contributed by atoms with van der Waals surface area (Å²) in [6, 6.07) is 6.25. The molecule has 0 unspecified atom stereocenters. The second-order valence-electron chi connectivity index (χ2n) is 6.05. The Labute approximate surface area is 130 Å². The molecule has 2 aromatic rings. The highest BCUT2D eigenvalue weighted by Gasteiger charge is 2.28. The molecule has 1 aromatic heterocycles. The smallest absolute Gasteiger partial charge is 0.195 e. The number of aliphatic hydroxyl groups is 1. The van der Waals surface area contributed by atoms with Crippen LogP contribution >= 0.6 is 0 Å². The summed E-state index contributed by atoms with van der Waals surface area (Å²) in [7, 11) is 2.02. The van der Waals surface area contributed by atoms with Crippen LogP contribution in [0.3, 0.4) is 0 Å². The summed E-state index contributed by atoms with van der Waals surface area (Å²) in [5.74, 6) is 0.656. The van der Waals surface area contributed by atoms with Gasteiger partial charge in [0.15, 0.2) is 11.5 Å². The third-order valence-electron chi connectivity index (χ3n) is 4.46. The zero-order valence-electron chi connectivity index (χ0n) is 13.0. The number of aliphatic hydroxyl groups excluding tert-OH is 1. The molecule has 1 N–H and O–H groups in total. The number of likely N-dealkylation sites (N-methyl/N-ethyl adjacent to an activating group) is 1. The molecular formula is C17H21N3O2. The lowest BCUT2D eigenvalue weighted by Crippen LogP contribution is -2.36. The molecule has 0 radical (unpaired) electrons. The van der Waals surface area contributed by atoms with E-state index in [0.717, 1.165) is 30.3 Å². The van der Waals surface area contributed by atoms with Crippen molar-refractivity contribution in [3.05, 3.63) is 29.2 Å². The van der Waals surface area contributed by atoms with E-state index in [1.807, 2.05) is 26.1 Å². The summed E-state index contributed by atoms with van der Waals surface area (Å²) >= 11 is 0. The standard InChI is InChI=1S/C17H21N3O2/c1-3-16-19-13-8-11(7-12(9-18)17(13)22-16)10-20(2)14-5-4-6-15(14)21/h7-8,14-15,21H,3-6,10H2,1-2H3/t14-,15-/m0/s1. The minimum atomic E-state index is -0.247. The van der Waals surface area contributed by atoms with Crippen LogP contribution < -0.4 is 0 Å². The quantitative estimate of drug-likeness (QED) is 0.939. The fourth-order valence-corrected chi connectivity index (χ4v) is 3.30. The van der Waals surface area contributed by atoms with E-state index in [1.165, 1.54) is 0 Å².